The van der Waals surface area contributed by atoms with Crippen LogP contribution in [0.2, 0.25) is 0 Å². The van der Waals surface area contributed by atoms with Crippen LogP contribution in [0.4, 0.5) is 0 Å². The molecular formula is C7H14O4. The summed E-state index contributed by atoms with van der Waals surface area (Å²) in [6, 6.07) is 0. The summed E-state index contributed by atoms with van der Waals surface area (Å²) in [5.41, 5.74) is 0. The van der Waals surface area contributed by atoms with Crippen molar-refractivity contribution in [2.45, 2.75) is 37.9 Å². The van der Waals surface area contributed by atoms with Crippen LogP contribution in [0.25, 0.3) is 0 Å². The molecule has 1 aliphatic rings. The van der Waals surface area contributed by atoms with Gasteiger partial charge in [-0.05, 0) is 6.92 Å². The van der Waals surface area contributed by atoms with E-state index in [1.54, 1.807) is 14.0 Å². The third kappa shape index (κ3) is 1.90. The number of rotatable bonds is 2. The van der Waals surface area contributed by atoms with E-state index in [-0.39, 0.29) is 6.10 Å². The molecule has 11 heavy (non-hydrogen) atoms. The van der Waals surface area contributed by atoms with Crippen LogP contribution < -0.4 is 0 Å². The molecule has 66 valence electrons. The van der Waals surface area contributed by atoms with Gasteiger partial charge in [-0.3, -0.25) is 0 Å². The van der Waals surface area contributed by atoms with Crippen LogP contribution in [0.3, 0.4) is 0 Å². The molecule has 4 heteroatoms. The van der Waals surface area contributed by atoms with E-state index in [0.29, 0.717) is 6.42 Å². The Bertz CT molecular complexity index is 126. The first-order valence-corrected chi connectivity index (χ1v) is 3.69. The van der Waals surface area contributed by atoms with Crippen molar-refractivity contribution < 1.29 is 19.7 Å². The van der Waals surface area contributed by atoms with Crippen molar-refractivity contribution in [1.82, 2.24) is 0 Å². The second-order valence-corrected chi connectivity index (χ2v) is 2.81. The Balaban J connectivity index is 2.50. The lowest BCUT2D eigenvalue weighted by molar-refractivity contribution is -0.128. The summed E-state index contributed by atoms with van der Waals surface area (Å²) in [6.07, 6.45) is -1.54. The number of aliphatic hydroxyl groups excluding tert-OH is 2. The van der Waals surface area contributed by atoms with E-state index in [0.717, 1.165) is 0 Å². The molecule has 0 aromatic rings. The zero-order valence-corrected chi connectivity index (χ0v) is 6.73. The summed E-state index contributed by atoms with van der Waals surface area (Å²) >= 11 is 0. The molecule has 1 rings (SSSR count). The van der Waals surface area contributed by atoms with Crippen molar-refractivity contribution in [3.8, 4) is 0 Å². The van der Waals surface area contributed by atoms with Crippen molar-refractivity contribution in [1.29, 1.82) is 0 Å². The molecule has 1 heterocycles. The summed E-state index contributed by atoms with van der Waals surface area (Å²) < 4.78 is 10.0. The molecule has 0 aromatic heterocycles. The van der Waals surface area contributed by atoms with Crippen LogP contribution >= 0.6 is 0 Å². The normalized spacial score (nSPS) is 40.9. The molecule has 0 aliphatic carbocycles. The highest BCUT2D eigenvalue weighted by molar-refractivity contribution is 4.82. The Morgan fingerprint density at radius 2 is 2.27 bits per heavy atom. The van der Waals surface area contributed by atoms with E-state index in [1.165, 1.54) is 0 Å². The van der Waals surface area contributed by atoms with Gasteiger partial charge < -0.3 is 19.7 Å². The summed E-state index contributed by atoms with van der Waals surface area (Å²) in [5.74, 6) is 0. The monoisotopic (exact) mass is 162 g/mol. The Morgan fingerprint density at radius 3 is 2.64 bits per heavy atom. The van der Waals surface area contributed by atoms with Gasteiger partial charge in [0.2, 0.25) is 0 Å². The number of ether oxygens (including phenoxy) is 2. The number of hydrogen-bond acceptors (Lipinski definition) is 4. The molecule has 2 N–H and O–H groups in total. The molecular weight excluding hydrogens is 148 g/mol. The van der Waals surface area contributed by atoms with Crippen LogP contribution in [-0.2, 0) is 9.47 Å². The molecule has 0 radical (unpaired) electrons. The largest absolute Gasteiger partial charge is 0.391 e. The number of methoxy groups -OCH3 is 1. The molecule has 0 saturated carbocycles. The third-order valence-electron chi connectivity index (χ3n) is 1.89. The highest BCUT2D eigenvalue weighted by atomic mass is 16.6. The molecule has 1 aliphatic heterocycles. The van der Waals surface area contributed by atoms with Crippen LogP contribution in [0, 0.1) is 0 Å². The minimum atomic E-state index is -0.792. The zero-order chi connectivity index (χ0) is 8.43. The van der Waals surface area contributed by atoms with E-state index in [4.69, 9.17) is 19.7 Å². The SMILES string of the molecule is CO[C@H]1CC(O)O[C@@H]1[C@@H](C)O. The Hall–Kier alpha value is -0.160. The van der Waals surface area contributed by atoms with Gasteiger partial charge in [-0.1, -0.05) is 0 Å². The number of hydrogen-bond donors (Lipinski definition) is 2. The highest BCUT2D eigenvalue weighted by Gasteiger charge is 2.37. The van der Waals surface area contributed by atoms with E-state index in [2.05, 4.69) is 0 Å². The standard InChI is InChI=1S/C7H14O4/c1-4(8)7-5(10-2)3-6(9)11-7/h4-9H,3H2,1-2H3/t4-,5+,6?,7-/m1/s1. The number of aliphatic hydroxyl groups is 2. The minimum absolute atomic E-state index is 0.190. The van der Waals surface area contributed by atoms with E-state index in [1.807, 2.05) is 0 Å². The van der Waals surface area contributed by atoms with Gasteiger partial charge in [0, 0.05) is 13.5 Å². The predicted octanol–water partition coefficient (Wildman–Crippen LogP) is -0.510. The first-order chi connectivity index (χ1) is 5.15. The molecule has 0 spiro atoms. The molecule has 0 bridgehead atoms. The van der Waals surface area contributed by atoms with Gasteiger partial charge in [0.25, 0.3) is 0 Å². The third-order valence-corrected chi connectivity index (χ3v) is 1.89. The maximum Gasteiger partial charge on any atom is 0.157 e. The fourth-order valence-electron chi connectivity index (χ4n) is 1.31. The van der Waals surface area contributed by atoms with Crippen LogP contribution in [0.1, 0.15) is 13.3 Å². The van der Waals surface area contributed by atoms with Gasteiger partial charge in [0.15, 0.2) is 6.29 Å². The first kappa shape index (κ1) is 8.93. The molecule has 1 unspecified atom stereocenters. The fourth-order valence-corrected chi connectivity index (χ4v) is 1.31. The summed E-state index contributed by atoms with van der Waals surface area (Å²) in [5, 5.41) is 18.2. The Morgan fingerprint density at radius 1 is 1.64 bits per heavy atom. The molecule has 4 atom stereocenters. The highest BCUT2D eigenvalue weighted by Crippen LogP contribution is 2.23. The first-order valence-electron chi connectivity index (χ1n) is 3.69. The lowest BCUT2D eigenvalue weighted by Gasteiger charge is -2.18. The molecule has 1 saturated heterocycles. The maximum atomic E-state index is 9.16. The molecule has 1 fully saturated rings. The quantitative estimate of drug-likeness (QED) is 0.574. The summed E-state index contributed by atoms with van der Waals surface area (Å²) in [6.45, 7) is 1.62. The average molecular weight is 162 g/mol. The summed E-state index contributed by atoms with van der Waals surface area (Å²) in [4.78, 5) is 0. The van der Waals surface area contributed by atoms with Gasteiger partial charge in [-0.25, -0.2) is 0 Å². The zero-order valence-electron chi connectivity index (χ0n) is 6.73. The average Bonchev–Trinajstić information content (AvgIpc) is 2.30. The van der Waals surface area contributed by atoms with Crippen LogP contribution in [-0.4, -0.2) is 41.9 Å². The second-order valence-electron chi connectivity index (χ2n) is 2.81. The van der Waals surface area contributed by atoms with Gasteiger partial charge in [0.05, 0.1) is 12.2 Å². The maximum absolute atomic E-state index is 9.16. The summed E-state index contributed by atoms with van der Waals surface area (Å²) in [7, 11) is 1.54. The predicted molar refractivity (Wildman–Crippen MR) is 38.0 cm³/mol. The van der Waals surface area contributed by atoms with Crippen LogP contribution in [0.15, 0.2) is 0 Å². The van der Waals surface area contributed by atoms with Gasteiger partial charge in [-0.2, -0.15) is 0 Å². The van der Waals surface area contributed by atoms with Crippen molar-refractivity contribution in [3.63, 3.8) is 0 Å². The topological polar surface area (TPSA) is 58.9 Å². The Labute approximate surface area is 65.7 Å². The fraction of sp³-hybridized carbons (Fsp3) is 1.00. The van der Waals surface area contributed by atoms with Gasteiger partial charge >= 0.3 is 0 Å². The van der Waals surface area contributed by atoms with Crippen LogP contribution in [0.5, 0.6) is 0 Å². The molecule has 0 aromatic carbocycles. The molecule has 0 amide bonds. The van der Waals surface area contributed by atoms with E-state index >= 15 is 0 Å². The lowest BCUT2D eigenvalue weighted by Crippen LogP contribution is -2.33. The van der Waals surface area contributed by atoms with Gasteiger partial charge in [0.1, 0.15) is 6.10 Å². The van der Waals surface area contributed by atoms with E-state index < -0.39 is 18.5 Å². The smallest absolute Gasteiger partial charge is 0.157 e. The molecule has 4 nitrogen and oxygen atoms in total. The van der Waals surface area contributed by atoms with Crippen molar-refractivity contribution >= 4 is 0 Å². The van der Waals surface area contributed by atoms with Crippen molar-refractivity contribution in [2.75, 3.05) is 7.11 Å². The minimum Gasteiger partial charge on any atom is -0.391 e. The van der Waals surface area contributed by atoms with Gasteiger partial charge in [-0.15, -0.1) is 0 Å². The van der Waals surface area contributed by atoms with E-state index in [9.17, 15) is 0 Å². The van der Waals surface area contributed by atoms with Crippen molar-refractivity contribution in [3.05, 3.63) is 0 Å². The second kappa shape index (κ2) is 3.49. The Kier molecular flexibility index (Phi) is 2.84. The van der Waals surface area contributed by atoms with Crippen molar-refractivity contribution in [2.24, 2.45) is 0 Å². The lowest BCUT2D eigenvalue weighted by atomic mass is 10.1.